The fourth-order valence-corrected chi connectivity index (χ4v) is 4.27. The Bertz CT molecular complexity index is 953. The van der Waals surface area contributed by atoms with Crippen LogP contribution in [-0.2, 0) is 4.79 Å². The summed E-state index contributed by atoms with van der Waals surface area (Å²) in [6, 6.07) is 8.64. The summed E-state index contributed by atoms with van der Waals surface area (Å²) >= 11 is 1.60. The van der Waals surface area contributed by atoms with Gasteiger partial charge in [-0.1, -0.05) is 12.1 Å². The molecule has 27 heavy (non-hydrogen) atoms. The molecule has 1 aliphatic heterocycles. The van der Waals surface area contributed by atoms with Gasteiger partial charge >= 0.3 is 5.97 Å². The van der Waals surface area contributed by atoms with Gasteiger partial charge in [0.05, 0.1) is 12.5 Å². The lowest BCUT2D eigenvalue weighted by Gasteiger charge is -2.38. The number of aliphatic carboxylic acids is 1. The highest BCUT2D eigenvalue weighted by Crippen LogP contribution is 2.30. The smallest absolute Gasteiger partial charge is 0.325 e. The van der Waals surface area contributed by atoms with Gasteiger partial charge < -0.3 is 14.7 Å². The highest BCUT2D eigenvalue weighted by molar-refractivity contribution is 7.16. The molecule has 1 atom stereocenters. The molecule has 1 fully saturated rings. The van der Waals surface area contributed by atoms with Gasteiger partial charge in [0.25, 0.3) is 0 Å². The Hall–Kier alpha value is -2.71. The van der Waals surface area contributed by atoms with Crippen LogP contribution in [-0.4, -0.2) is 59.2 Å². The minimum Gasteiger partial charge on any atom is -0.497 e. The van der Waals surface area contributed by atoms with Gasteiger partial charge in [0.15, 0.2) is 0 Å². The molecule has 1 aromatic carbocycles. The van der Waals surface area contributed by atoms with Gasteiger partial charge in [0.2, 0.25) is 0 Å². The van der Waals surface area contributed by atoms with Gasteiger partial charge in [-0.3, -0.25) is 9.69 Å². The second-order valence-corrected chi connectivity index (χ2v) is 7.27. The summed E-state index contributed by atoms with van der Waals surface area (Å²) in [4.78, 5) is 25.9. The standard InChI is InChI=1S/C19H20N4O3S/c1-26-14-4-2-3-13(11-14)16(19(24)25)22-6-8-23(9-7-22)17-15-5-10-27-18(15)21-12-20-17/h2-5,10-12,16H,6-9H2,1H3,(H,24,25). The normalized spacial score (nSPS) is 16.4. The lowest BCUT2D eigenvalue weighted by atomic mass is 10.0. The number of piperazine rings is 1. The number of carboxylic acid groups (broad SMARTS) is 1. The van der Waals surface area contributed by atoms with Gasteiger partial charge in [0, 0.05) is 26.2 Å². The molecule has 140 valence electrons. The number of benzene rings is 1. The molecule has 2 aromatic heterocycles. The zero-order valence-corrected chi connectivity index (χ0v) is 15.7. The maximum Gasteiger partial charge on any atom is 0.325 e. The van der Waals surface area contributed by atoms with E-state index < -0.39 is 12.0 Å². The van der Waals surface area contributed by atoms with Gasteiger partial charge in [-0.15, -0.1) is 11.3 Å². The van der Waals surface area contributed by atoms with Crippen molar-refractivity contribution in [3.8, 4) is 5.75 Å². The summed E-state index contributed by atoms with van der Waals surface area (Å²) in [6.45, 7) is 2.72. The minimum atomic E-state index is -0.848. The number of ether oxygens (including phenoxy) is 1. The van der Waals surface area contributed by atoms with E-state index in [-0.39, 0.29) is 0 Å². The summed E-state index contributed by atoms with van der Waals surface area (Å²) in [6.07, 6.45) is 1.59. The Balaban J connectivity index is 1.53. The molecule has 3 aromatic rings. The van der Waals surface area contributed by atoms with Crippen molar-refractivity contribution in [3.05, 3.63) is 47.6 Å². The summed E-state index contributed by atoms with van der Waals surface area (Å²) in [5.74, 6) is 0.742. The molecule has 0 amide bonds. The SMILES string of the molecule is COc1cccc(C(C(=O)O)N2CCN(c3ncnc4sccc34)CC2)c1. The molecule has 7 nitrogen and oxygen atoms in total. The van der Waals surface area contributed by atoms with E-state index in [9.17, 15) is 9.90 Å². The molecule has 8 heteroatoms. The first-order chi connectivity index (χ1) is 13.2. The number of carbonyl (C=O) groups is 1. The van der Waals surface area contributed by atoms with E-state index in [1.54, 1.807) is 30.8 Å². The number of anilines is 1. The lowest BCUT2D eigenvalue weighted by Crippen LogP contribution is -2.49. The van der Waals surface area contributed by atoms with Crippen molar-refractivity contribution >= 4 is 33.3 Å². The second kappa shape index (κ2) is 7.50. The van der Waals surface area contributed by atoms with Crippen molar-refractivity contribution in [2.75, 3.05) is 38.2 Å². The number of nitrogens with zero attached hydrogens (tertiary/aromatic N) is 4. The summed E-state index contributed by atoms with van der Waals surface area (Å²) in [7, 11) is 1.58. The van der Waals surface area contributed by atoms with Crippen LogP contribution in [0.3, 0.4) is 0 Å². The third kappa shape index (κ3) is 3.45. The maximum absolute atomic E-state index is 12.0. The number of aromatic nitrogens is 2. The number of methoxy groups -OCH3 is 1. The van der Waals surface area contributed by atoms with Crippen molar-refractivity contribution in [3.63, 3.8) is 0 Å². The molecule has 0 saturated carbocycles. The van der Waals surface area contributed by atoms with Crippen molar-refractivity contribution in [1.82, 2.24) is 14.9 Å². The third-order valence-corrected chi connectivity index (χ3v) is 5.68. The average Bonchev–Trinajstić information content (AvgIpc) is 3.17. The molecule has 1 saturated heterocycles. The topological polar surface area (TPSA) is 78.8 Å². The van der Waals surface area contributed by atoms with Crippen LogP contribution in [0.25, 0.3) is 10.2 Å². The first kappa shape index (κ1) is 17.7. The quantitative estimate of drug-likeness (QED) is 0.724. The number of rotatable bonds is 5. The van der Waals surface area contributed by atoms with E-state index >= 15 is 0 Å². The monoisotopic (exact) mass is 384 g/mol. The van der Waals surface area contributed by atoms with Crippen LogP contribution in [0.15, 0.2) is 42.0 Å². The Labute approximate surface area is 160 Å². The van der Waals surface area contributed by atoms with Gasteiger partial charge in [-0.05, 0) is 29.1 Å². The highest BCUT2D eigenvalue weighted by atomic mass is 32.1. The van der Waals surface area contributed by atoms with Crippen LogP contribution < -0.4 is 9.64 Å². The number of fused-ring (bicyclic) bond motifs is 1. The highest BCUT2D eigenvalue weighted by Gasteiger charge is 2.31. The number of carboxylic acids is 1. The predicted molar refractivity (Wildman–Crippen MR) is 105 cm³/mol. The minimum absolute atomic E-state index is 0.643. The van der Waals surface area contributed by atoms with Crippen LogP contribution in [0.5, 0.6) is 5.75 Å². The number of hydrogen-bond donors (Lipinski definition) is 1. The van der Waals surface area contributed by atoms with Gasteiger partial charge in [-0.25, -0.2) is 9.97 Å². The lowest BCUT2D eigenvalue weighted by molar-refractivity contribution is -0.143. The Morgan fingerprint density at radius 3 is 2.78 bits per heavy atom. The fraction of sp³-hybridized carbons (Fsp3) is 0.316. The van der Waals surface area contributed by atoms with Crippen LogP contribution in [0.2, 0.25) is 0 Å². The molecule has 1 unspecified atom stereocenters. The van der Waals surface area contributed by atoms with E-state index in [4.69, 9.17) is 4.74 Å². The molecule has 0 spiro atoms. The molecular formula is C19H20N4O3S. The molecule has 4 rings (SSSR count). The van der Waals surface area contributed by atoms with E-state index in [0.717, 1.165) is 34.7 Å². The first-order valence-electron chi connectivity index (χ1n) is 8.71. The third-order valence-electron chi connectivity index (χ3n) is 4.86. The molecule has 0 aliphatic carbocycles. The van der Waals surface area contributed by atoms with Crippen molar-refractivity contribution in [2.24, 2.45) is 0 Å². The van der Waals surface area contributed by atoms with Gasteiger partial charge in [-0.2, -0.15) is 0 Å². The second-order valence-electron chi connectivity index (χ2n) is 6.38. The van der Waals surface area contributed by atoms with E-state index in [2.05, 4.69) is 14.9 Å². The van der Waals surface area contributed by atoms with Crippen molar-refractivity contribution < 1.29 is 14.6 Å². The van der Waals surface area contributed by atoms with E-state index in [1.807, 2.05) is 34.5 Å². The molecule has 3 heterocycles. The molecular weight excluding hydrogens is 364 g/mol. The van der Waals surface area contributed by atoms with E-state index in [1.165, 1.54) is 0 Å². The average molecular weight is 384 g/mol. The first-order valence-corrected chi connectivity index (χ1v) is 9.59. The zero-order valence-electron chi connectivity index (χ0n) is 14.9. The summed E-state index contributed by atoms with van der Waals surface area (Å²) in [5.41, 5.74) is 0.734. The zero-order chi connectivity index (χ0) is 18.8. The fourth-order valence-electron chi connectivity index (χ4n) is 3.54. The van der Waals surface area contributed by atoms with Crippen molar-refractivity contribution in [1.29, 1.82) is 0 Å². The Kier molecular flexibility index (Phi) is 4.91. The largest absolute Gasteiger partial charge is 0.497 e. The van der Waals surface area contributed by atoms with Crippen LogP contribution >= 0.6 is 11.3 Å². The van der Waals surface area contributed by atoms with Crippen LogP contribution in [0.1, 0.15) is 11.6 Å². The Morgan fingerprint density at radius 1 is 1.22 bits per heavy atom. The summed E-state index contributed by atoms with van der Waals surface area (Å²) in [5, 5.41) is 12.9. The Morgan fingerprint density at radius 2 is 2.04 bits per heavy atom. The molecule has 0 bridgehead atoms. The number of hydrogen-bond acceptors (Lipinski definition) is 7. The van der Waals surface area contributed by atoms with Crippen molar-refractivity contribution in [2.45, 2.75) is 6.04 Å². The predicted octanol–water partition coefficient (Wildman–Crippen LogP) is 2.65. The molecule has 1 aliphatic rings. The van der Waals surface area contributed by atoms with Crippen LogP contribution in [0.4, 0.5) is 5.82 Å². The molecule has 1 N–H and O–H groups in total. The van der Waals surface area contributed by atoms with Crippen LogP contribution in [0, 0.1) is 0 Å². The van der Waals surface area contributed by atoms with E-state index in [0.29, 0.717) is 18.8 Å². The summed E-state index contributed by atoms with van der Waals surface area (Å²) < 4.78 is 5.25. The van der Waals surface area contributed by atoms with Gasteiger partial charge in [0.1, 0.15) is 28.8 Å². The maximum atomic E-state index is 12.0. The molecule has 0 radical (unpaired) electrons. The number of thiophene rings is 1.